The number of nitrogens with zero attached hydrogens (tertiary/aromatic N) is 1. The minimum Gasteiger partial charge on any atom is -0.468 e. The van der Waals surface area contributed by atoms with Gasteiger partial charge in [0.1, 0.15) is 11.4 Å². The van der Waals surface area contributed by atoms with E-state index in [0.29, 0.717) is 12.5 Å². The van der Waals surface area contributed by atoms with E-state index in [1.807, 2.05) is 32.9 Å². The minimum atomic E-state index is -0.448. The van der Waals surface area contributed by atoms with Crippen LogP contribution in [0.1, 0.15) is 52.3 Å². The van der Waals surface area contributed by atoms with Gasteiger partial charge in [0.05, 0.1) is 12.3 Å². The second kappa shape index (κ2) is 7.18. The maximum Gasteiger partial charge on any atom is 0.407 e. The third-order valence-electron chi connectivity index (χ3n) is 3.99. The first-order chi connectivity index (χ1) is 10.3. The fourth-order valence-electron chi connectivity index (χ4n) is 2.87. The van der Waals surface area contributed by atoms with E-state index in [4.69, 9.17) is 9.15 Å². The number of ether oxygens (including phenoxy) is 1. The predicted octanol–water partition coefficient (Wildman–Crippen LogP) is 3.58. The summed E-state index contributed by atoms with van der Waals surface area (Å²) in [7, 11) is 0. The minimum absolute atomic E-state index is 0.277. The summed E-state index contributed by atoms with van der Waals surface area (Å²) < 4.78 is 10.8. The Morgan fingerprint density at radius 1 is 1.55 bits per heavy atom. The Morgan fingerprint density at radius 2 is 2.32 bits per heavy atom. The molecule has 1 N–H and O–H groups in total. The number of furan rings is 1. The summed E-state index contributed by atoms with van der Waals surface area (Å²) in [4.78, 5) is 14.2. The number of carbonyl (C=O) groups is 1. The van der Waals surface area contributed by atoms with Crippen LogP contribution in [0.2, 0.25) is 0 Å². The zero-order valence-corrected chi connectivity index (χ0v) is 14.1. The molecule has 0 spiro atoms. The molecule has 1 aliphatic rings. The number of carbonyl (C=O) groups excluding carboxylic acids is 1. The Morgan fingerprint density at radius 3 is 2.95 bits per heavy atom. The smallest absolute Gasteiger partial charge is 0.407 e. The standard InChI is InChI=1S/C17H28N2O3/c1-13(15-8-6-10-21-15)19-9-5-7-14(12-19)11-18-16(20)22-17(2,3)4/h6,8,10,13-14H,5,7,9,11-12H2,1-4H3,(H,18,20)/t13-,14+/m1/s1. The zero-order chi connectivity index (χ0) is 16.2. The lowest BCUT2D eigenvalue weighted by Gasteiger charge is -2.36. The van der Waals surface area contributed by atoms with Crippen molar-refractivity contribution in [3.63, 3.8) is 0 Å². The van der Waals surface area contributed by atoms with Crippen molar-refractivity contribution in [3.05, 3.63) is 24.2 Å². The van der Waals surface area contributed by atoms with Gasteiger partial charge < -0.3 is 14.5 Å². The van der Waals surface area contributed by atoms with Gasteiger partial charge in [0, 0.05) is 13.1 Å². The van der Waals surface area contributed by atoms with Crippen molar-refractivity contribution in [1.82, 2.24) is 10.2 Å². The summed E-state index contributed by atoms with van der Waals surface area (Å²) in [5.41, 5.74) is -0.448. The molecule has 0 radical (unpaired) electrons. The molecule has 1 aromatic heterocycles. The van der Waals surface area contributed by atoms with Gasteiger partial charge in [-0.25, -0.2) is 4.79 Å². The van der Waals surface area contributed by atoms with Crippen LogP contribution >= 0.6 is 0 Å². The quantitative estimate of drug-likeness (QED) is 0.923. The number of piperidine rings is 1. The number of hydrogen-bond acceptors (Lipinski definition) is 4. The Hall–Kier alpha value is -1.49. The van der Waals surface area contributed by atoms with Crippen molar-refractivity contribution in [2.75, 3.05) is 19.6 Å². The molecule has 0 unspecified atom stereocenters. The zero-order valence-electron chi connectivity index (χ0n) is 14.1. The van der Waals surface area contributed by atoms with E-state index in [1.165, 1.54) is 0 Å². The largest absolute Gasteiger partial charge is 0.468 e. The summed E-state index contributed by atoms with van der Waals surface area (Å²) in [6.45, 7) is 10.5. The van der Waals surface area contributed by atoms with Crippen LogP contribution in [0.3, 0.4) is 0 Å². The highest BCUT2D eigenvalue weighted by molar-refractivity contribution is 5.67. The van der Waals surface area contributed by atoms with Gasteiger partial charge >= 0.3 is 6.09 Å². The molecule has 1 amide bonds. The number of hydrogen-bond donors (Lipinski definition) is 1. The van der Waals surface area contributed by atoms with E-state index in [1.54, 1.807) is 6.26 Å². The molecule has 5 heteroatoms. The van der Waals surface area contributed by atoms with Gasteiger partial charge in [-0.1, -0.05) is 0 Å². The fourth-order valence-corrected chi connectivity index (χ4v) is 2.87. The molecule has 124 valence electrons. The van der Waals surface area contributed by atoms with Crippen molar-refractivity contribution >= 4 is 6.09 Å². The fraction of sp³-hybridized carbons (Fsp3) is 0.706. The van der Waals surface area contributed by atoms with Crippen LogP contribution in [0.4, 0.5) is 4.79 Å². The number of rotatable bonds is 4. The SMILES string of the molecule is C[C@H](c1ccco1)N1CCC[C@@H](CNC(=O)OC(C)(C)C)C1. The van der Waals surface area contributed by atoms with Crippen LogP contribution in [0.25, 0.3) is 0 Å². The van der Waals surface area contributed by atoms with E-state index in [-0.39, 0.29) is 12.1 Å². The van der Waals surface area contributed by atoms with Gasteiger partial charge in [-0.3, -0.25) is 4.90 Å². The number of nitrogens with one attached hydrogen (secondary N) is 1. The average Bonchev–Trinajstić information content (AvgIpc) is 2.97. The molecule has 2 atom stereocenters. The lowest BCUT2D eigenvalue weighted by molar-refractivity contribution is 0.0498. The first kappa shape index (κ1) is 16.9. The monoisotopic (exact) mass is 308 g/mol. The molecule has 0 bridgehead atoms. The molecule has 1 fully saturated rings. The summed E-state index contributed by atoms with van der Waals surface area (Å²) >= 11 is 0. The molecule has 0 aromatic carbocycles. The van der Waals surface area contributed by atoms with E-state index in [2.05, 4.69) is 17.1 Å². The Balaban J connectivity index is 1.80. The van der Waals surface area contributed by atoms with Crippen molar-refractivity contribution in [2.24, 2.45) is 5.92 Å². The summed E-state index contributed by atoms with van der Waals surface area (Å²) in [6, 6.07) is 4.23. The topological polar surface area (TPSA) is 54.7 Å². The molecule has 0 saturated carbocycles. The number of likely N-dealkylation sites (tertiary alicyclic amines) is 1. The molecule has 2 rings (SSSR count). The van der Waals surface area contributed by atoms with Crippen LogP contribution in [0.15, 0.2) is 22.8 Å². The van der Waals surface area contributed by atoms with Gasteiger partial charge in [-0.05, 0) is 65.1 Å². The lowest BCUT2D eigenvalue weighted by atomic mass is 9.96. The van der Waals surface area contributed by atoms with Gasteiger partial charge in [0.15, 0.2) is 0 Å². The average molecular weight is 308 g/mol. The molecule has 22 heavy (non-hydrogen) atoms. The molecule has 1 aliphatic heterocycles. The Bertz CT molecular complexity index is 465. The first-order valence-electron chi connectivity index (χ1n) is 8.09. The maximum absolute atomic E-state index is 11.7. The molecule has 1 aromatic rings. The van der Waals surface area contributed by atoms with Gasteiger partial charge in [-0.15, -0.1) is 0 Å². The molecule has 0 aliphatic carbocycles. The van der Waals surface area contributed by atoms with Gasteiger partial charge in [0.2, 0.25) is 0 Å². The summed E-state index contributed by atoms with van der Waals surface area (Å²) in [6.07, 6.45) is 3.67. The van der Waals surface area contributed by atoms with Crippen LogP contribution in [0.5, 0.6) is 0 Å². The number of amides is 1. The normalized spacial score (nSPS) is 21.4. The van der Waals surface area contributed by atoms with Crippen molar-refractivity contribution in [2.45, 2.75) is 52.2 Å². The number of alkyl carbamates (subject to hydrolysis) is 1. The summed E-state index contributed by atoms with van der Waals surface area (Å²) in [5, 5.41) is 2.89. The lowest BCUT2D eigenvalue weighted by Crippen LogP contribution is -2.42. The molecular weight excluding hydrogens is 280 g/mol. The van der Waals surface area contributed by atoms with Gasteiger partial charge in [0.25, 0.3) is 0 Å². The van der Waals surface area contributed by atoms with Gasteiger partial charge in [-0.2, -0.15) is 0 Å². The van der Waals surface area contributed by atoms with E-state index in [0.717, 1.165) is 31.7 Å². The summed E-state index contributed by atoms with van der Waals surface area (Å²) in [5.74, 6) is 1.46. The second-order valence-electron chi connectivity index (χ2n) is 7.08. The van der Waals surface area contributed by atoms with Crippen LogP contribution < -0.4 is 5.32 Å². The Kier molecular flexibility index (Phi) is 5.51. The van der Waals surface area contributed by atoms with Crippen LogP contribution in [0, 0.1) is 5.92 Å². The third-order valence-corrected chi connectivity index (χ3v) is 3.99. The van der Waals surface area contributed by atoms with Crippen molar-refractivity contribution in [1.29, 1.82) is 0 Å². The molecular formula is C17H28N2O3. The predicted molar refractivity (Wildman–Crippen MR) is 85.7 cm³/mol. The molecule has 1 saturated heterocycles. The molecule has 2 heterocycles. The molecule has 5 nitrogen and oxygen atoms in total. The highest BCUT2D eigenvalue weighted by Gasteiger charge is 2.26. The highest BCUT2D eigenvalue weighted by atomic mass is 16.6. The van der Waals surface area contributed by atoms with E-state index >= 15 is 0 Å². The maximum atomic E-state index is 11.7. The highest BCUT2D eigenvalue weighted by Crippen LogP contribution is 2.26. The second-order valence-corrected chi connectivity index (χ2v) is 7.08. The van der Waals surface area contributed by atoms with Crippen LogP contribution in [-0.2, 0) is 4.74 Å². The van der Waals surface area contributed by atoms with Crippen molar-refractivity contribution < 1.29 is 13.9 Å². The Labute approximate surface area is 133 Å². The van der Waals surface area contributed by atoms with Crippen LogP contribution in [-0.4, -0.2) is 36.2 Å². The first-order valence-corrected chi connectivity index (χ1v) is 8.09. The third kappa shape index (κ3) is 5.05. The van der Waals surface area contributed by atoms with Crippen molar-refractivity contribution in [3.8, 4) is 0 Å². The van der Waals surface area contributed by atoms with E-state index < -0.39 is 5.60 Å². The van der Waals surface area contributed by atoms with E-state index in [9.17, 15) is 4.79 Å².